The van der Waals surface area contributed by atoms with Gasteiger partial charge in [-0.25, -0.2) is 13.6 Å². The van der Waals surface area contributed by atoms with Crippen molar-refractivity contribution in [3.8, 4) is 0 Å². The summed E-state index contributed by atoms with van der Waals surface area (Å²) in [7, 11) is 0. The third-order valence-corrected chi connectivity index (χ3v) is 7.74. The molecule has 1 amide bonds. The normalized spacial score (nSPS) is 20.2. The summed E-state index contributed by atoms with van der Waals surface area (Å²) in [6.45, 7) is 7.98. The number of ether oxygens (including phenoxy) is 1. The Bertz CT molecular complexity index is 1210. The highest BCUT2D eigenvalue weighted by Gasteiger charge is 2.54. The summed E-state index contributed by atoms with van der Waals surface area (Å²) in [4.78, 5) is 11.9. The van der Waals surface area contributed by atoms with Crippen molar-refractivity contribution in [2.45, 2.75) is 89.0 Å². The molecule has 2 aromatic rings. The molecule has 3 rings (SSSR count). The maximum Gasteiger partial charge on any atom is 0.416 e. The molecule has 2 unspecified atom stereocenters. The van der Waals surface area contributed by atoms with Gasteiger partial charge in [-0.1, -0.05) is 54.8 Å². The molecule has 1 aliphatic carbocycles. The molecule has 10 heteroatoms. The van der Waals surface area contributed by atoms with E-state index in [2.05, 4.69) is 11.9 Å². The highest BCUT2D eigenvalue weighted by molar-refractivity contribution is 6.34. The van der Waals surface area contributed by atoms with Crippen LogP contribution in [0.3, 0.4) is 0 Å². The lowest BCUT2D eigenvalue weighted by atomic mass is 9.61. The highest BCUT2D eigenvalue weighted by atomic mass is 35.5. The van der Waals surface area contributed by atoms with Gasteiger partial charge in [0.2, 0.25) is 0 Å². The van der Waals surface area contributed by atoms with Gasteiger partial charge in [-0.15, -0.1) is 0 Å². The van der Waals surface area contributed by atoms with Crippen LogP contribution in [0.5, 0.6) is 0 Å². The molecule has 3 nitrogen and oxygen atoms in total. The molecule has 0 bridgehead atoms. The molecule has 0 saturated heterocycles. The predicted molar refractivity (Wildman–Crippen MR) is 148 cm³/mol. The van der Waals surface area contributed by atoms with E-state index in [9.17, 15) is 18.0 Å². The SMILES string of the molecule is C=CC(F)(F)C1(c2cc(Cl)cc(Cl)c2)CCCC(CCc2ccc(CNC(=O)OC(C)(C)C)c(C(F)(F)F)c2)C1. The van der Waals surface area contributed by atoms with Crippen molar-refractivity contribution >= 4 is 29.3 Å². The Morgan fingerprint density at radius 3 is 2.33 bits per heavy atom. The zero-order chi connectivity index (χ0) is 29.9. The maximum atomic E-state index is 15.5. The average molecular weight is 607 g/mol. The van der Waals surface area contributed by atoms with Crippen molar-refractivity contribution < 1.29 is 31.5 Å². The number of alkyl carbamates (subject to hydrolysis) is 1. The molecule has 0 radical (unpaired) electrons. The first-order valence-electron chi connectivity index (χ1n) is 13.1. The van der Waals surface area contributed by atoms with Gasteiger partial charge in [0.1, 0.15) is 5.60 Å². The van der Waals surface area contributed by atoms with E-state index in [1.54, 1.807) is 26.8 Å². The van der Waals surface area contributed by atoms with Gasteiger partial charge in [-0.2, -0.15) is 13.2 Å². The van der Waals surface area contributed by atoms with Crippen LogP contribution in [-0.4, -0.2) is 17.6 Å². The minimum absolute atomic E-state index is 0.0951. The number of allylic oxidation sites excluding steroid dienone is 1. The summed E-state index contributed by atoms with van der Waals surface area (Å²) >= 11 is 12.3. The number of halogens is 7. The first kappa shape index (κ1) is 32.2. The first-order chi connectivity index (χ1) is 18.5. The number of hydrogen-bond donors (Lipinski definition) is 1. The molecule has 0 spiro atoms. The fraction of sp³-hybridized carbons (Fsp3) is 0.500. The lowest BCUT2D eigenvalue weighted by Crippen LogP contribution is -2.47. The van der Waals surface area contributed by atoms with Crippen LogP contribution < -0.4 is 5.32 Å². The molecule has 1 aliphatic rings. The number of amides is 1. The van der Waals surface area contributed by atoms with Crippen molar-refractivity contribution in [2.24, 2.45) is 5.92 Å². The number of benzene rings is 2. The Balaban J connectivity index is 1.79. The minimum Gasteiger partial charge on any atom is -0.444 e. The molecule has 1 saturated carbocycles. The van der Waals surface area contributed by atoms with Gasteiger partial charge in [0.25, 0.3) is 5.92 Å². The van der Waals surface area contributed by atoms with Crippen LogP contribution in [0.15, 0.2) is 49.1 Å². The smallest absolute Gasteiger partial charge is 0.416 e. The molecule has 1 fully saturated rings. The lowest BCUT2D eigenvalue weighted by molar-refractivity contribution is -0.138. The first-order valence-corrected chi connectivity index (χ1v) is 13.9. The monoisotopic (exact) mass is 605 g/mol. The molecule has 40 heavy (non-hydrogen) atoms. The Labute approximate surface area is 242 Å². The number of hydrogen-bond acceptors (Lipinski definition) is 2. The molecule has 0 aliphatic heterocycles. The van der Waals surface area contributed by atoms with E-state index in [1.165, 1.54) is 24.3 Å². The van der Waals surface area contributed by atoms with E-state index in [0.29, 0.717) is 36.5 Å². The predicted octanol–water partition coefficient (Wildman–Crippen LogP) is 9.92. The Kier molecular flexibility index (Phi) is 9.88. The molecule has 0 aromatic heterocycles. The number of alkyl halides is 5. The molecular weight excluding hydrogens is 572 g/mol. The molecular formula is C30H34Cl2F5NO2. The largest absolute Gasteiger partial charge is 0.444 e. The number of carbonyl (C=O) groups excluding carboxylic acids is 1. The van der Waals surface area contributed by atoms with Gasteiger partial charge in [-0.05, 0) is 99.4 Å². The second kappa shape index (κ2) is 12.3. The van der Waals surface area contributed by atoms with E-state index >= 15 is 8.78 Å². The third-order valence-electron chi connectivity index (χ3n) is 7.31. The minimum atomic E-state index is -4.64. The van der Waals surface area contributed by atoms with Crippen LogP contribution in [0.2, 0.25) is 10.0 Å². The molecule has 0 heterocycles. The van der Waals surface area contributed by atoms with E-state index in [-0.39, 0.29) is 47.3 Å². The molecule has 220 valence electrons. The number of aryl methyl sites for hydroxylation is 1. The fourth-order valence-corrected chi connectivity index (χ4v) is 5.99. The average Bonchev–Trinajstić information content (AvgIpc) is 2.84. The Morgan fingerprint density at radius 2 is 1.75 bits per heavy atom. The van der Waals surface area contributed by atoms with Crippen LogP contribution in [0.4, 0.5) is 26.7 Å². The Morgan fingerprint density at radius 1 is 1.10 bits per heavy atom. The summed E-state index contributed by atoms with van der Waals surface area (Å²) in [6, 6.07) is 8.47. The van der Waals surface area contributed by atoms with Gasteiger partial charge in [0.05, 0.1) is 11.0 Å². The summed E-state index contributed by atoms with van der Waals surface area (Å²) < 4.78 is 77.7. The second-order valence-corrected chi connectivity index (χ2v) is 12.3. The Hall–Kier alpha value is -2.32. The van der Waals surface area contributed by atoms with Crippen molar-refractivity contribution in [3.63, 3.8) is 0 Å². The van der Waals surface area contributed by atoms with Crippen molar-refractivity contribution in [1.82, 2.24) is 5.32 Å². The number of rotatable bonds is 8. The fourth-order valence-electron chi connectivity index (χ4n) is 5.47. The van der Waals surface area contributed by atoms with Gasteiger partial charge in [0.15, 0.2) is 0 Å². The quantitative estimate of drug-likeness (QED) is 0.240. The van der Waals surface area contributed by atoms with Crippen LogP contribution in [0, 0.1) is 5.92 Å². The summed E-state index contributed by atoms with van der Waals surface area (Å²) in [5.74, 6) is -3.41. The van der Waals surface area contributed by atoms with E-state index in [0.717, 1.165) is 6.07 Å². The van der Waals surface area contributed by atoms with Gasteiger partial charge < -0.3 is 10.1 Å². The topological polar surface area (TPSA) is 38.3 Å². The van der Waals surface area contributed by atoms with E-state index in [1.807, 2.05) is 0 Å². The maximum absolute atomic E-state index is 15.5. The standard InChI is InChI=1S/C30H34Cl2F5NO2/c1-5-29(33,34)28(22-14-23(31)16-24(32)15-22)12-6-7-20(17-28)9-8-19-10-11-21(25(13-19)30(35,36)37)18-38-26(39)40-27(2,3)4/h5,10-11,13-16,20H,1,6-9,12,17-18H2,2-4H3,(H,38,39). The highest BCUT2D eigenvalue weighted by Crippen LogP contribution is 2.53. The van der Waals surface area contributed by atoms with Crippen LogP contribution in [0.25, 0.3) is 0 Å². The van der Waals surface area contributed by atoms with Crippen molar-refractivity contribution in [1.29, 1.82) is 0 Å². The van der Waals surface area contributed by atoms with Crippen molar-refractivity contribution in [3.05, 3.63) is 81.4 Å². The molecule has 1 N–H and O–H groups in total. The van der Waals surface area contributed by atoms with E-state index in [4.69, 9.17) is 27.9 Å². The summed E-state index contributed by atoms with van der Waals surface area (Å²) in [5, 5.41) is 2.87. The second-order valence-electron chi connectivity index (χ2n) is 11.4. The van der Waals surface area contributed by atoms with Crippen LogP contribution in [-0.2, 0) is 29.3 Å². The third kappa shape index (κ3) is 7.90. The number of nitrogens with one attached hydrogen (secondary N) is 1. The zero-order valence-corrected chi connectivity index (χ0v) is 24.2. The zero-order valence-electron chi connectivity index (χ0n) is 22.7. The van der Waals surface area contributed by atoms with Crippen molar-refractivity contribution in [2.75, 3.05) is 0 Å². The number of carbonyl (C=O) groups is 1. The van der Waals surface area contributed by atoms with Crippen LogP contribution in [0.1, 0.15) is 75.1 Å². The lowest BCUT2D eigenvalue weighted by Gasteiger charge is -2.45. The van der Waals surface area contributed by atoms with Gasteiger partial charge in [-0.3, -0.25) is 0 Å². The summed E-state index contributed by atoms with van der Waals surface area (Å²) in [5.41, 5.74) is -2.54. The molecule has 2 atom stereocenters. The summed E-state index contributed by atoms with van der Waals surface area (Å²) in [6.07, 6.45) is -2.58. The van der Waals surface area contributed by atoms with E-state index < -0.39 is 34.8 Å². The molecule has 2 aromatic carbocycles. The van der Waals surface area contributed by atoms with Gasteiger partial charge >= 0.3 is 12.3 Å². The van der Waals surface area contributed by atoms with Crippen LogP contribution >= 0.6 is 23.2 Å². The van der Waals surface area contributed by atoms with Gasteiger partial charge in [0, 0.05) is 16.6 Å².